The Morgan fingerprint density at radius 1 is 0.467 bits per heavy atom. The molecule has 0 heterocycles. The smallest absolute Gasteiger partial charge is 0.255 e. The van der Waals surface area contributed by atoms with E-state index in [4.69, 9.17) is 0 Å². The summed E-state index contributed by atoms with van der Waals surface area (Å²) in [6.07, 6.45) is 0. The molecule has 0 spiro atoms. The van der Waals surface area contributed by atoms with Crippen molar-refractivity contribution in [1.29, 1.82) is 0 Å². The molecule has 146 valence electrons. The SMILES string of the molecule is O=C(Nc1ccccc1)c1ccc(-c2cccc(C(=O)Nc3ccccc3)c2)cc1. The molecule has 4 aromatic carbocycles. The van der Waals surface area contributed by atoms with E-state index in [1.807, 2.05) is 91.0 Å². The van der Waals surface area contributed by atoms with Gasteiger partial charge in [-0.05, 0) is 59.7 Å². The molecule has 0 aliphatic rings. The highest BCUT2D eigenvalue weighted by Crippen LogP contribution is 2.22. The highest BCUT2D eigenvalue weighted by atomic mass is 16.2. The van der Waals surface area contributed by atoms with Crippen LogP contribution in [0.4, 0.5) is 11.4 Å². The van der Waals surface area contributed by atoms with Crippen LogP contribution in [0.5, 0.6) is 0 Å². The molecule has 0 radical (unpaired) electrons. The fourth-order valence-corrected chi connectivity index (χ4v) is 3.10. The van der Waals surface area contributed by atoms with E-state index in [2.05, 4.69) is 10.6 Å². The van der Waals surface area contributed by atoms with Gasteiger partial charge in [0.1, 0.15) is 0 Å². The molecule has 0 saturated heterocycles. The fourth-order valence-electron chi connectivity index (χ4n) is 3.10. The summed E-state index contributed by atoms with van der Waals surface area (Å²) in [7, 11) is 0. The molecule has 0 bridgehead atoms. The predicted molar refractivity (Wildman–Crippen MR) is 121 cm³/mol. The van der Waals surface area contributed by atoms with Crippen molar-refractivity contribution in [3.63, 3.8) is 0 Å². The Balaban J connectivity index is 1.48. The second kappa shape index (κ2) is 8.88. The molecular weight excluding hydrogens is 372 g/mol. The molecule has 4 heteroatoms. The van der Waals surface area contributed by atoms with Gasteiger partial charge < -0.3 is 10.6 Å². The number of rotatable bonds is 5. The van der Waals surface area contributed by atoms with Crippen molar-refractivity contribution in [3.8, 4) is 11.1 Å². The first-order valence-corrected chi connectivity index (χ1v) is 9.62. The van der Waals surface area contributed by atoms with E-state index < -0.39 is 0 Å². The molecule has 30 heavy (non-hydrogen) atoms. The minimum atomic E-state index is -0.165. The fraction of sp³-hybridized carbons (Fsp3) is 0. The summed E-state index contributed by atoms with van der Waals surface area (Å²) in [5, 5.41) is 5.77. The maximum Gasteiger partial charge on any atom is 0.255 e. The highest BCUT2D eigenvalue weighted by molar-refractivity contribution is 6.05. The van der Waals surface area contributed by atoms with E-state index in [1.54, 1.807) is 18.2 Å². The molecule has 4 rings (SSSR count). The Hall–Kier alpha value is -4.18. The van der Waals surface area contributed by atoms with Crippen molar-refractivity contribution in [2.45, 2.75) is 0 Å². The Kier molecular flexibility index (Phi) is 5.67. The average Bonchev–Trinajstić information content (AvgIpc) is 2.80. The van der Waals surface area contributed by atoms with Gasteiger partial charge in [-0.15, -0.1) is 0 Å². The first-order valence-electron chi connectivity index (χ1n) is 9.62. The van der Waals surface area contributed by atoms with Crippen LogP contribution in [-0.4, -0.2) is 11.8 Å². The maximum atomic E-state index is 12.6. The van der Waals surface area contributed by atoms with Crippen LogP contribution in [0.25, 0.3) is 11.1 Å². The van der Waals surface area contributed by atoms with Crippen LogP contribution < -0.4 is 10.6 Å². The number of nitrogens with one attached hydrogen (secondary N) is 2. The lowest BCUT2D eigenvalue weighted by Gasteiger charge is -2.09. The first kappa shape index (κ1) is 19.2. The van der Waals surface area contributed by atoms with Gasteiger partial charge in [0.2, 0.25) is 0 Å². The maximum absolute atomic E-state index is 12.6. The van der Waals surface area contributed by atoms with Crippen LogP contribution in [-0.2, 0) is 0 Å². The monoisotopic (exact) mass is 392 g/mol. The van der Waals surface area contributed by atoms with Gasteiger partial charge in [0.25, 0.3) is 11.8 Å². The van der Waals surface area contributed by atoms with Crippen molar-refractivity contribution in [1.82, 2.24) is 0 Å². The number of hydrogen-bond donors (Lipinski definition) is 2. The zero-order valence-electron chi connectivity index (χ0n) is 16.2. The summed E-state index contributed by atoms with van der Waals surface area (Å²) >= 11 is 0. The molecule has 0 fully saturated rings. The first-order chi connectivity index (χ1) is 14.7. The number of carbonyl (C=O) groups is 2. The van der Waals surface area contributed by atoms with E-state index in [-0.39, 0.29) is 11.8 Å². The second-order valence-electron chi connectivity index (χ2n) is 6.80. The predicted octanol–water partition coefficient (Wildman–Crippen LogP) is 5.86. The minimum absolute atomic E-state index is 0.163. The third kappa shape index (κ3) is 4.62. The van der Waals surface area contributed by atoms with Gasteiger partial charge in [0.05, 0.1) is 0 Å². The number of para-hydroxylation sites is 2. The lowest BCUT2D eigenvalue weighted by molar-refractivity contribution is 0.101. The van der Waals surface area contributed by atoms with Gasteiger partial charge in [-0.2, -0.15) is 0 Å². The lowest BCUT2D eigenvalue weighted by atomic mass is 10.0. The van der Waals surface area contributed by atoms with Crippen LogP contribution in [0.15, 0.2) is 109 Å². The zero-order valence-corrected chi connectivity index (χ0v) is 16.2. The Bertz CT molecular complexity index is 1150. The Morgan fingerprint density at radius 2 is 1.00 bits per heavy atom. The number of hydrogen-bond acceptors (Lipinski definition) is 2. The molecule has 4 nitrogen and oxygen atoms in total. The quantitative estimate of drug-likeness (QED) is 0.447. The van der Waals surface area contributed by atoms with Crippen molar-refractivity contribution >= 4 is 23.2 Å². The van der Waals surface area contributed by atoms with E-state index >= 15 is 0 Å². The van der Waals surface area contributed by atoms with Gasteiger partial charge in [-0.25, -0.2) is 0 Å². The average molecular weight is 392 g/mol. The van der Waals surface area contributed by atoms with Gasteiger partial charge in [0.15, 0.2) is 0 Å². The Labute approximate surface area is 175 Å². The summed E-state index contributed by atoms with van der Waals surface area (Å²) in [6.45, 7) is 0. The zero-order chi connectivity index (χ0) is 20.8. The van der Waals surface area contributed by atoms with Gasteiger partial charge in [-0.3, -0.25) is 9.59 Å². The third-order valence-electron chi connectivity index (χ3n) is 4.67. The van der Waals surface area contributed by atoms with Crippen molar-refractivity contribution < 1.29 is 9.59 Å². The summed E-state index contributed by atoms with van der Waals surface area (Å²) < 4.78 is 0. The van der Waals surface area contributed by atoms with E-state index in [0.29, 0.717) is 11.1 Å². The van der Waals surface area contributed by atoms with Crippen molar-refractivity contribution in [2.75, 3.05) is 10.6 Å². The van der Waals surface area contributed by atoms with Gasteiger partial charge in [0, 0.05) is 22.5 Å². The second-order valence-corrected chi connectivity index (χ2v) is 6.80. The molecule has 2 N–H and O–H groups in total. The molecular formula is C26H20N2O2. The molecule has 0 saturated carbocycles. The summed E-state index contributed by atoms with van der Waals surface area (Å²) in [5.74, 6) is -0.328. The minimum Gasteiger partial charge on any atom is -0.322 e. The van der Waals surface area contributed by atoms with E-state index in [9.17, 15) is 9.59 Å². The normalized spacial score (nSPS) is 10.3. The highest BCUT2D eigenvalue weighted by Gasteiger charge is 2.09. The van der Waals surface area contributed by atoms with Crippen molar-refractivity contribution in [2.24, 2.45) is 0 Å². The lowest BCUT2D eigenvalue weighted by Crippen LogP contribution is -2.12. The number of carbonyl (C=O) groups excluding carboxylic acids is 2. The number of benzene rings is 4. The molecule has 0 aromatic heterocycles. The van der Waals surface area contributed by atoms with Crippen LogP contribution in [0.1, 0.15) is 20.7 Å². The largest absolute Gasteiger partial charge is 0.322 e. The molecule has 0 aliphatic carbocycles. The van der Waals surface area contributed by atoms with Gasteiger partial charge in [-0.1, -0.05) is 60.7 Å². The molecule has 4 aromatic rings. The molecule has 0 unspecified atom stereocenters. The standard InChI is InChI=1S/C26H20N2O2/c29-25(27-23-10-3-1-4-11-23)20-16-14-19(15-17-20)21-8-7-9-22(18-21)26(30)28-24-12-5-2-6-13-24/h1-18H,(H,27,29)(H,28,30). The van der Waals surface area contributed by atoms with Crippen LogP contribution in [0, 0.1) is 0 Å². The van der Waals surface area contributed by atoms with Crippen LogP contribution in [0.3, 0.4) is 0 Å². The third-order valence-corrected chi connectivity index (χ3v) is 4.67. The summed E-state index contributed by atoms with van der Waals surface area (Å²) in [6, 6.07) is 33.4. The van der Waals surface area contributed by atoms with Crippen LogP contribution in [0.2, 0.25) is 0 Å². The van der Waals surface area contributed by atoms with E-state index in [1.165, 1.54) is 0 Å². The molecule has 2 amide bonds. The summed E-state index contributed by atoms with van der Waals surface area (Å²) in [4.78, 5) is 25.0. The van der Waals surface area contributed by atoms with E-state index in [0.717, 1.165) is 22.5 Å². The number of anilines is 2. The van der Waals surface area contributed by atoms with Crippen LogP contribution >= 0.6 is 0 Å². The topological polar surface area (TPSA) is 58.2 Å². The van der Waals surface area contributed by atoms with Crippen molar-refractivity contribution in [3.05, 3.63) is 120 Å². The molecule has 0 atom stereocenters. The van der Waals surface area contributed by atoms with Gasteiger partial charge >= 0.3 is 0 Å². The summed E-state index contributed by atoms with van der Waals surface area (Å²) in [5.41, 5.74) is 4.49. The number of amides is 2. The Morgan fingerprint density at radius 3 is 1.57 bits per heavy atom. The molecule has 0 aliphatic heterocycles.